The molecule has 1 aliphatic carbocycles. The van der Waals surface area contributed by atoms with E-state index in [2.05, 4.69) is 24.0 Å². The number of rotatable bonds is 2. The predicted molar refractivity (Wildman–Crippen MR) is 64.1 cm³/mol. The molecule has 0 saturated heterocycles. The maximum absolute atomic E-state index is 10.7. The number of isocyanates is 1. The minimum atomic E-state index is -0.286. The molecular formula is C14H17NO. The second-order valence-electron chi connectivity index (χ2n) is 4.61. The fourth-order valence-electron chi connectivity index (χ4n) is 2.76. The summed E-state index contributed by atoms with van der Waals surface area (Å²) < 4.78 is 0. The van der Waals surface area contributed by atoms with Crippen LogP contribution >= 0.6 is 0 Å². The van der Waals surface area contributed by atoms with Gasteiger partial charge in [0, 0.05) is 0 Å². The van der Waals surface area contributed by atoms with Crippen LogP contribution in [0.25, 0.3) is 0 Å². The van der Waals surface area contributed by atoms with Gasteiger partial charge in [0.05, 0.1) is 5.54 Å². The second kappa shape index (κ2) is 4.63. The Kier molecular flexibility index (Phi) is 3.21. The smallest absolute Gasteiger partial charge is 0.211 e. The molecule has 1 aliphatic rings. The van der Waals surface area contributed by atoms with Crippen molar-refractivity contribution in [2.75, 3.05) is 0 Å². The lowest BCUT2D eigenvalue weighted by Crippen LogP contribution is -2.27. The van der Waals surface area contributed by atoms with Crippen molar-refractivity contribution >= 4 is 6.08 Å². The summed E-state index contributed by atoms with van der Waals surface area (Å²) in [5, 5.41) is 0. The van der Waals surface area contributed by atoms with Gasteiger partial charge in [0.15, 0.2) is 0 Å². The lowest BCUT2D eigenvalue weighted by Gasteiger charge is -2.33. The molecule has 0 aliphatic heterocycles. The van der Waals surface area contributed by atoms with Crippen molar-refractivity contribution in [1.29, 1.82) is 0 Å². The number of aliphatic imine (C=N–C) groups is 1. The van der Waals surface area contributed by atoms with E-state index in [9.17, 15) is 4.79 Å². The van der Waals surface area contributed by atoms with E-state index in [4.69, 9.17) is 0 Å². The predicted octanol–water partition coefficient (Wildman–Crippen LogP) is 3.49. The monoisotopic (exact) mass is 215 g/mol. The summed E-state index contributed by atoms with van der Waals surface area (Å²) in [5.74, 6) is 0. The molecule has 0 heterocycles. The second-order valence-corrected chi connectivity index (χ2v) is 4.61. The van der Waals surface area contributed by atoms with Crippen molar-refractivity contribution in [3.63, 3.8) is 0 Å². The van der Waals surface area contributed by atoms with E-state index in [0.29, 0.717) is 0 Å². The fraction of sp³-hybridized carbons (Fsp3) is 0.500. The van der Waals surface area contributed by atoms with Crippen molar-refractivity contribution in [3.8, 4) is 0 Å². The Hall–Kier alpha value is -1.40. The van der Waals surface area contributed by atoms with E-state index in [-0.39, 0.29) is 5.54 Å². The Morgan fingerprint density at radius 2 is 1.88 bits per heavy atom. The average Bonchev–Trinajstić information content (AvgIpc) is 2.31. The molecule has 0 atom stereocenters. The normalized spacial score (nSPS) is 18.8. The van der Waals surface area contributed by atoms with Gasteiger partial charge in [0.2, 0.25) is 6.08 Å². The van der Waals surface area contributed by atoms with E-state index in [1.807, 2.05) is 12.1 Å². The van der Waals surface area contributed by atoms with Crippen LogP contribution in [0.4, 0.5) is 0 Å². The van der Waals surface area contributed by atoms with Crippen molar-refractivity contribution in [2.24, 2.45) is 4.99 Å². The molecule has 0 bridgehead atoms. The van der Waals surface area contributed by atoms with Crippen LogP contribution in [0.1, 0.15) is 43.2 Å². The number of hydrogen-bond donors (Lipinski definition) is 0. The molecule has 1 aromatic rings. The first kappa shape index (κ1) is 11.1. The van der Waals surface area contributed by atoms with E-state index in [0.717, 1.165) is 25.7 Å². The van der Waals surface area contributed by atoms with Gasteiger partial charge in [-0.3, -0.25) is 0 Å². The molecule has 0 unspecified atom stereocenters. The third-order valence-corrected chi connectivity index (χ3v) is 3.59. The van der Waals surface area contributed by atoms with Gasteiger partial charge in [0.1, 0.15) is 0 Å². The highest BCUT2D eigenvalue weighted by Gasteiger charge is 2.34. The zero-order chi connectivity index (χ0) is 11.4. The van der Waals surface area contributed by atoms with Crippen LogP contribution in [0, 0.1) is 6.92 Å². The van der Waals surface area contributed by atoms with E-state index in [1.54, 1.807) is 6.08 Å². The van der Waals surface area contributed by atoms with Crippen molar-refractivity contribution in [3.05, 3.63) is 35.4 Å². The zero-order valence-electron chi connectivity index (χ0n) is 9.70. The lowest BCUT2D eigenvalue weighted by atomic mass is 9.75. The molecule has 2 rings (SSSR count). The van der Waals surface area contributed by atoms with Crippen LogP contribution in [0.2, 0.25) is 0 Å². The molecule has 2 heteroatoms. The minimum absolute atomic E-state index is 0.286. The van der Waals surface area contributed by atoms with Crippen molar-refractivity contribution in [1.82, 2.24) is 0 Å². The van der Waals surface area contributed by atoms with Crippen molar-refractivity contribution < 1.29 is 4.79 Å². The summed E-state index contributed by atoms with van der Waals surface area (Å²) in [7, 11) is 0. The number of carbonyl (C=O) groups excluding carboxylic acids is 1. The average molecular weight is 215 g/mol. The first-order valence-corrected chi connectivity index (χ1v) is 5.94. The third kappa shape index (κ3) is 1.94. The molecular weight excluding hydrogens is 198 g/mol. The molecule has 1 saturated carbocycles. The summed E-state index contributed by atoms with van der Waals surface area (Å²) in [6.45, 7) is 2.09. The molecule has 0 radical (unpaired) electrons. The Labute approximate surface area is 96.4 Å². The van der Waals surface area contributed by atoms with Crippen LogP contribution in [0.3, 0.4) is 0 Å². The summed E-state index contributed by atoms with van der Waals surface area (Å²) in [5.41, 5.74) is 2.15. The van der Waals surface area contributed by atoms with Crippen LogP contribution in [0.5, 0.6) is 0 Å². The van der Waals surface area contributed by atoms with E-state index < -0.39 is 0 Å². The van der Waals surface area contributed by atoms with E-state index >= 15 is 0 Å². The van der Waals surface area contributed by atoms with Crippen LogP contribution in [0.15, 0.2) is 29.3 Å². The highest BCUT2D eigenvalue weighted by Crippen LogP contribution is 2.41. The molecule has 84 valence electrons. The molecule has 0 spiro atoms. The summed E-state index contributed by atoms with van der Waals surface area (Å²) >= 11 is 0. The molecule has 1 fully saturated rings. The quantitative estimate of drug-likeness (QED) is 0.548. The Morgan fingerprint density at radius 1 is 1.19 bits per heavy atom. The third-order valence-electron chi connectivity index (χ3n) is 3.59. The number of aryl methyl sites for hydroxylation is 1. The fourth-order valence-corrected chi connectivity index (χ4v) is 2.76. The van der Waals surface area contributed by atoms with Crippen molar-refractivity contribution in [2.45, 2.75) is 44.6 Å². The van der Waals surface area contributed by atoms with E-state index in [1.165, 1.54) is 17.5 Å². The maximum Gasteiger partial charge on any atom is 0.235 e. The highest BCUT2D eigenvalue weighted by atomic mass is 16.1. The summed E-state index contributed by atoms with van der Waals surface area (Å²) in [6, 6.07) is 8.24. The summed E-state index contributed by atoms with van der Waals surface area (Å²) in [6.07, 6.45) is 7.29. The summed E-state index contributed by atoms with van der Waals surface area (Å²) in [4.78, 5) is 14.8. The first-order valence-electron chi connectivity index (χ1n) is 5.94. The van der Waals surface area contributed by atoms with Gasteiger partial charge in [0.25, 0.3) is 0 Å². The Balaban J connectivity index is 2.46. The maximum atomic E-state index is 10.7. The zero-order valence-corrected chi connectivity index (χ0v) is 9.70. The highest BCUT2D eigenvalue weighted by molar-refractivity contribution is 5.41. The van der Waals surface area contributed by atoms with Gasteiger partial charge in [-0.15, -0.1) is 0 Å². The largest absolute Gasteiger partial charge is 0.235 e. The van der Waals surface area contributed by atoms with Gasteiger partial charge < -0.3 is 0 Å². The molecule has 16 heavy (non-hydrogen) atoms. The van der Waals surface area contributed by atoms with Crippen LogP contribution in [-0.2, 0) is 10.3 Å². The standard InChI is InChI=1S/C14H17NO/c1-12-7-3-4-8-13(12)14(15-11-16)9-5-2-6-10-14/h3-4,7-8H,2,5-6,9-10H2,1H3. The SMILES string of the molecule is Cc1ccccc1C1(N=C=O)CCCCC1. The minimum Gasteiger partial charge on any atom is -0.211 e. The molecule has 0 amide bonds. The Morgan fingerprint density at radius 3 is 2.50 bits per heavy atom. The molecule has 1 aromatic carbocycles. The van der Waals surface area contributed by atoms with Crippen LogP contribution in [-0.4, -0.2) is 6.08 Å². The molecule has 2 nitrogen and oxygen atoms in total. The lowest BCUT2D eigenvalue weighted by molar-refractivity contribution is 0.303. The molecule has 0 aromatic heterocycles. The number of hydrogen-bond acceptors (Lipinski definition) is 2. The van der Waals surface area contributed by atoms with Gasteiger partial charge in [-0.1, -0.05) is 43.5 Å². The first-order chi connectivity index (χ1) is 7.78. The topological polar surface area (TPSA) is 29.4 Å². The van der Waals surface area contributed by atoms with Gasteiger partial charge in [-0.05, 0) is 30.9 Å². The van der Waals surface area contributed by atoms with Gasteiger partial charge in [-0.25, -0.2) is 4.79 Å². The number of benzene rings is 1. The Bertz CT molecular complexity index is 412. The van der Waals surface area contributed by atoms with Gasteiger partial charge >= 0.3 is 0 Å². The number of nitrogens with zero attached hydrogens (tertiary/aromatic N) is 1. The van der Waals surface area contributed by atoms with Crippen LogP contribution < -0.4 is 0 Å². The van der Waals surface area contributed by atoms with Gasteiger partial charge in [-0.2, -0.15) is 4.99 Å². The molecule has 0 N–H and O–H groups in total.